The van der Waals surface area contributed by atoms with Gasteiger partial charge in [0.15, 0.2) is 0 Å². The van der Waals surface area contributed by atoms with Crippen molar-refractivity contribution < 1.29 is 4.39 Å². The summed E-state index contributed by atoms with van der Waals surface area (Å²) in [6, 6.07) is 16.9. The SMILES string of the molecule is Cc1cc(Nc2cccc(F)c2)nc(N2c3ccccc3CC2C)n1. The summed E-state index contributed by atoms with van der Waals surface area (Å²) in [6.45, 7) is 4.11. The molecule has 25 heavy (non-hydrogen) atoms. The van der Waals surface area contributed by atoms with Crippen LogP contribution in [0.3, 0.4) is 0 Å². The van der Waals surface area contributed by atoms with Gasteiger partial charge in [0.1, 0.15) is 11.6 Å². The third kappa shape index (κ3) is 3.05. The predicted octanol–water partition coefficient (Wildman–Crippen LogP) is 4.75. The van der Waals surface area contributed by atoms with Crippen molar-refractivity contribution in [2.45, 2.75) is 26.3 Å². The largest absolute Gasteiger partial charge is 0.340 e. The number of aryl methyl sites for hydroxylation is 1. The molecule has 0 bridgehead atoms. The van der Waals surface area contributed by atoms with Gasteiger partial charge in [0.05, 0.1) is 0 Å². The molecule has 0 fully saturated rings. The molecule has 0 radical (unpaired) electrons. The van der Waals surface area contributed by atoms with Gasteiger partial charge in [0.2, 0.25) is 5.95 Å². The van der Waals surface area contributed by atoms with E-state index in [1.807, 2.05) is 25.1 Å². The molecule has 1 aromatic heterocycles. The minimum Gasteiger partial charge on any atom is -0.340 e. The molecule has 3 aromatic rings. The second-order valence-corrected chi connectivity index (χ2v) is 6.38. The van der Waals surface area contributed by atoms with Crippen LogP contribution in [0.2, 0.25) is 0 Å². The maximum Gasteiger partial charge on any atom is 0.232 e. The van der Waals surface area contributed by atoms with Crippen LogP contribution in [0, 0.1) is 12.7 Å². The zero-order valence-corrected chi connectivity index (χ0v) is 14.2. The van der Waals surface area contributed by atoms with Crippen molar-refractivity contribution in [3.8, 4) is 0 Å². The van der Waals surface area contributed by atoms with E-state index in [2.05, 4.69) is 45.3 Å². The summed E-state index contributed by atoms with van der Waals surface area (Å²) in [7, 11) is 0. The Balaban J connectivity index is 1.71. The van der Waals surface area contributed by atoms with Crippen LogP contribution in [0.25, 0.3) is 0 Å². The molecule has 0 spiro atoms. The van der Waals surface area contributed by atoms with Gasteiger partial charge in [-0.15, -0.1) is 0 Å². The summed E-state index contributed by atoms with van der Waals surface area (Å²) in [6.07, 6.45) is 0.972. The number of hydrogen-bond donors (Lipinski definition) is 1. The van der Waals surface area contributed by atoms with Gasteiger partial charge in [-0.3, -0.25) is 0 Å². The number of fused-ring (bicyclic) bond motifs is 1. The Morgan fingerprint density at radius 3 is 2.76 bits per heavy atom. The second-order valence-electron chi connectivity index (χ2n) is 6.38. The summed E-state index contributed by atoms with van der Waals surface area (Å²) >= 11 is 0. The van der Waals surface area contributed by atoms with E-state index in [-0.39, 0.29) is 5.82 Å². The highest BCUT2D eigenvalue weighted by Crippen LogP contribution is 2.36. The van der Waals surface area contributed by atoms with E-state index in [9.17, 15) is 4.39 Å². The first-order valence-corrected chi connectivity index (χ1v) is 8.35. The average molecular weight is 334 g/mol. The van der Waals surface area contributed by atoms with Gasteiger partial charge >= 0.3 is 0 Å². The molecule has 0 amide bonds. The van der Waals surface area contributed by atoms with Crippen molar-refractivity contribution >= 4 is 23.1 Å². The van der Waals surface area contributed by atoms with Crippen molar-refractivity contribution in [3.63, 3.8) is 0 Å². The Hall–Kier alpha value is -2.95. The molecule has 4 rings (SSSR count). The molecule has 126 valence electrons. The maximum atomic E-state index is 13.4. The summed E-state index contributed by atoms with van der Waals surface area (Å²) in [5.74, 6) is 1.04. The number of rotatable bonds is 3. The summed E-state index contributed by atoms with van der Waals surface area (Å²) < 4.78 is 13.4. The number of benzene rings is 2. The summed E-state index contributed by atoms with van der Waals surface area (Å²) in [5, 5.41) is 3.17. The van der Waals surface area contributed by atoms with Gasteiger partial charge in [-0.2, -0.15) is 4.98 Å². The average Bonchev–Trinajstić information content (AvgIpc) is 2.90. The molecular formula is C20H19FN4. The number of hydrogen-bond acceptors (Lipinski definition) is 4. The van der Waals surface area contributed by atoms with Gasteiger partial charge < -0.3 is 10.2 Å². The van der Waals surface area contributed by atoms with Crippen LogP contribution < -0.4 is 10.2 Å². The van der Waals surface area contributed by atoms with Crippen LogP contribution in [0.5, 0.6) is 0 Å². The van der Waals surface area contributed by atoms with Crippen LogP contribution in [0.4, 0.5) is 27.5 Å². The lowest BCUT2D eigenvalue weighted by Crippen LogP contribution is -2.26. The topological polar surface area (TPSA) is 41.1 Å². The molecule has 1 aliphatic rings. The number of para-hydroxylation sites is 1. The molecule has 1 N–H and O–H groups in total. The molecule has 2 heterocycles. The number of halogens is 1. The monoisotopic (exact) mass is 334 g/mol. The predicted molar refractivity (Wildman–Crippen MR) is 98.2 cm³/mol. The minimum absolute atomic E-state index is 0.280. The van der Waals surface area contributed by atoms with Gasteiger partial charge in [-0.1, -0.05) is 24.3 Å². The van der Waals surface area contributed by atoms with Crippen LogP contribution in [0.15, 0.2) is 54.6 Å². The fourth-order valence-corrected chi connectivity index (χ4v) is 3.31. The Morgan fingerprint density at radius 1 is 1.08 bits per heavy atom. The first kappa shape index (κ1) is 15.6. The molecule has 5 heteroatoms. The third-order valence-corrected chi connectivity index (χ3v) is 4.36. The number of nitrogens with zero attached hydrogens (tertiary/aromatic N) is 3. The van der Waals surface area contributed by atoms with Gasteiger partial charge in [-0.25, -0.2) is 9.37 Å². The first-order chi connectivity index (χ1) is 12.1. The second kappa shape index (κ2) is 6.16. The van der Waals surface area contributed by atoms with E-state index < -0.39 is 0 Å². The van der Waals surface area contributed by atoms with E-state index >= 15 is 0 Å². The lowest BCUT2D eigenvalue weighted by Gasteiger charge is -2.23. The fraction of sp³-hybridized carbons (Fsp3) is 0.200. The minimum atomic E-state index is -0.280. The van der Waals surface area contributed by atoms with E-state index in [1.54, 1.807) is 6.07 Å². The number of nitrogens with one attached hydrogen (secondary N) is 1. The zero-order valence-electron chi connectivity index (χ0n) is 14.2. The van der Waals surface area contributed by atoms with Crippen LogP contribution >= 0.6 is 0 Å². The Labute approximate surface area is 146 Å². The molecular weight excluding hydrogens is 315 g/mol. The van der Waals surface area contributed by atoms with Crippen molar-refractivity contribution in [3.05, 3.63) is 71.7 Å². The van der Waals surface area contributed by atoms with Crippen LogP contribution in [-0.4, -0.2) is 16.0 Å². The normalized spacial score (nSPS) is 16.0. The molecule has 0 saturated carbocycles. The molecule has 1 aliphatic heterocycles. The van der Waals surface area contributed by atoms with Crippen molar-refractivity contribution in [2.24, 2.45) is 0 Å². The lowest BCUT2D eigenvalue weighted by atomic mass is 10.1. The quantitative estimate of drug-likeness (QED) is 0.750. The molecule has 2 aromatic carbocycles. The van der Waals surface area contributed by atoms with Crippen molar-refractivity contribution in [1.82, 2.24) is 9.97 Å². The molecule has 1 atom stereocenters. The van der Waals surface area contributed by atoms with E-state index in [0.717, 1.165) is 17.8 Å². The van der Waals surface area contributed by atoms with E-state index in [0.29, 0.717) is 23.5 Å². The van der Waals surface area contributed by atoms with Gasteiger partial charge in [0.25, 0.3) is 0 Å². The summed E-state index contributed by atoms with van der Waals surface area (Å²) in [4.78, 5) is 11.5. The standard InChI is InChI=1S/C20H19FN4/c1-13-10-19(23-17-8-5-7-16(21)12-17)24-20(22-13)25-14(2)11-15-6-3-4-9-18(15)25/h3-10,12,14H,11H2,1-2H3,(H,22,23,24). The lowest BCUT2D eigenvalue weighted by molar-refractivity contribution is 0.628. The molecule has 1 unspecified atom stereocenters. The van der Waals surface area contributed by atoms with Crippen LogP contribution in [0.1, 0.15) is 18.2 Å². The Bertz CT molecular complexity index is 925. The van der Waals surface area contributed by atoms with E-state index in [4.69, 9.17) is 0 Å². The van der Waals surface area contributed by atoms with Crippen molar-refractivity contribution in [1.29, 1.82) is 0 Å². The van der Waals surface area contributed by atoms with Crippen LogP contribution in [-0.2, 0) is 6.42 Å². The highest BCUT2D eigenvalue weighted by molar-refractivity contribution is 5.68. The smallest absolute Gasteiger partial charge is 0.232 e. The number of anilines is 4. The molecule has 4 nitrogen and oxygen atoms in total. The highest BCUT2D eigenvalue weighted by atomic mass is 19.1. The third-order valence-electron chi connectivity index (χ3n) is 4.36. The van der Waals surface area contributed by atoms with Gasteiger partial charge in [0, 0.05) is 29.2 Å². The Kier molecular flexibility index (Phi) is 3.84. The zero-order chi connectivity index (χ0) is 17.4. The van der Waals surface area contributed by atoms with Crippen molar-refractivity contribution in [2.75, 3.05) is 10.2 Å². The summed E-state index contributed by atoms with van der Waals surface area (Å²) in [5.41, 5.74) is 3.98. The van der Waals surface area contributed by atoms with E-state index in [1.165, 1.54) is 17.7 Å². The number of aromatic nitrogens is 2. The molecule has 0 saturated heterocycles. The fourth-order valence-electron chi connectivity index (χ4n) is 3.31. The molecule has 0 aliphatic carbocycles. The Morgan fingerprint density at radius 2 is 1.92 bits per heavy atom. The highest BCUT2D eigenvalue weighted by Gasteiger charge is 2.29. The van der Waals surface area contributed by atoms with Gasteiger partial charge in [-0.05, 0) is 50.1 Å². The maximum absolute atomic E-state index is 13.4. The first-order valence-electron chi connectivity index (χ1n) is 8.35.